The molecule has 4 nitrogen and oxygen atoms in total. The van der Waals surface area contributed by atoms with E-state index in [0.29, 0.717) is 10.7 Å². The van der Waals surface area contributed by atoms with Gasteiger partial charge in [0, 0.05) is 14.1 Å². The Morgan fingerprint density at radius 1 is 1.21 bits per heavy atom. The molecule has 0 fully saturated rings. The third-order valence-electron chi connectivity index (χ3n) is 2.39. The molecule has 5 heteroatoms. The molecule has 0 unspecified atom stereocenters. The van der Waals surface area contributed by atoms with Crippen molar-refractivity contribution in [3.8, 4) is 0 Å². The van der Waals surface area contributed by atoms with Crippen LogP contribution in [0.15, 0.2) is 16.9 Å². The summed E-state index contributed by atoms with van der Waals surface area (Å²) in [4.78, 5) is 11.6. The van der Waals surface area contributed by atoms with Gasteiger partial charge in [0.05, 0.1) is 21.7 Å². The Bertz CT molecular complexity index is 519. The van der Waals surface area contributed by atoms with E-state index in [-0.39, 0.29) is 5.69 Å². The number of halogens is 1. The second-order valence-corrected chi connectivity index (χ2v) is 3.67. The summed E-state index contributed by atoms with van der Waals surface area (Å²) in [6, 6.07) is 3.41. The van der Waals surface area contributed by atoms with E-state index < -0.39 is 0 Å². The second kappa shape index (κ2) is 2.78. The molecule has 1 aromatic heterocycles. The molecule has 0 radical (unpaired) electrons. The summed E-state index contributed by atoms with van der Waals surface area (Å²) in [6.07, 6.45) is 0. The number of benzene rings is 1. The number of anilines is 1. The molecular formula is C9H10ClN3O. The number of imidazole rings is 1. The Labute approximate surface area is 85.5 Å². The van der Waals surface area contributed by atoms with Crippen molar-refractivity contribution in [1.82, 2.24) is 9.13 Å². The largest absolute Gasteiger partial charge is 0.397 e. The zero-order chi connectivity index (χ0) is 10.5. The maximum atomic E-state index is 11.6. The standard InChI is InChI=1S/C9H10ClN3O/c1-12-7-3-5(10)6(11)4-8(7)13(2)9(12)14/h3-4H,11H2,1-2H3. The fourth-order valence-corrected chi connectivity index (χ4v) is 1.69. The second-order valence-electron chi connectivity index (χ2n) is 3.26. The third-order valence-corrected chi connectivity index (χ3v) is 2.72. The third kappa shape index (κ3) is 1.04. The Morgan fingerprint density at radius 2 is 1.71 bits per heavy atom. The number of aromatic nitrogens is 2. The Kier molecular flexibility index (Phi) is 1.82. The highest BCUT2D eigenvalue weighted by atomic mass is 35.5. The molecule has 14 heavy (non-hydrogen) atoms. The highest BCUT2D eigenvalue weighted by Crippen LogP contribution is 2.24. The maximum Gasteiger partial charge on any atom is 0.328 e. The lowest BCUT2D eigenvalue weighted by molar-refractivity contribution is 0.795. The molecule has 0 bridgehead atoms. The molecule has 0 aliphatic carbocycles. The van der Waals surface area contributed by atoms with Crippen molar-refractivity contribution in [3.63, 3.8) is 0 Å². The molecule has 0 aliphatic heterocycles. The molecule has 2 aromatic rings. The van der Waals surface area contributed by atoms with Gasteiger partial charge in [0.25, 0.3) is 0 Å². The molecule has 0 aliphatic rings. The van der Waals surface area contributed by atoms with Gasteiger partial charge in [-0.15, -0.1) is 0 Å². The molecular weight excluding hydrogens is 202 g/mol. The number of aryl methyl sites for hydroxylation is 2. The van der Waals surface area contributed by atoms with Crippen LogP contribution in [0.25, 0.3) is 11.0 Å². The van der Waals surface area contributed by atoms with Gasteiger partial charge < -0.3 is 5.73 Å². The molecule has 2 N–H and O–H groups in total. The van der Waals surface area contributed by atoms with Gasteiger partial charge in [0.2, 0.25) is 0 Å². The van der Waals surface area contributed by atoms with Crippen LogP contribution in [-0.4, -0.2) is 9.13 Å². The van der Waals surface area contributed by atoms with Crippen LogP contribution in [0.4, 0.5) is 5.69 Å². The van der Waals surface area contributed by atoms with Crippen LogP contribution in [0.3, 0.4) is 0 Å². The fourth-order valence-electron chi connectivity index (χ4n) is 1.54. The number of nitrogens with zero attached hydrogens (tertiary/aromatic N) is 2. The SMILES string of the molecule is Cn1c(=O)n(C)c2cc(Cl)c(N)cc21. The molecule has 1 heterocycles. The predicted molar refractivity (Wildman–Crippen MR) is 57.6 cm³/mol. The monoisotopic (exact) mass is 211 g/mol. The highest BCUT2D eigenvalue weighted by molar-refractivity contribution is 6.33. The lowest BCUT2D eigenvalue weighted by Gasteiger charge is -1.99. The molecule has 0 saturated carbocycles. The normalized spacial score (nSPS) is 11.1. The van der Waals surface area contributed by atoms with Crippen LogP contribution in [0.1, 0.15) is 0 Å². The summed E-state index contributed by atoms with van der Waals surface area (Å²) in [5.74, 6) is 0. The van der Waals surface area contributed by atoms with Gasteiger partial charge in [-0.25, -0.2) is 4.79 Å². The van der Waals surface area contributed by atoms with Gasteiger partial charge in [0.15, 0.2) is 0 Å². The lowest BCUT2D eigenvalue weighted by Crippen LogP contribution is -2.19. The smallest absolute Gasteiger partial charge is 0.328 e. The van der Waals surface area contributed by atoms with Crippen LogP contribution in [0.5, 0.6) is 0 Å². The van der Waals surface area contributed by atoms with Crippen molar-refractivity contribution in [2.75, 3.05) is 5.73 Å². The average Bonchev–Trinajstić information content (AvgIpc) is 2.34. The number of nitrogens with two attached hydrogens (primary N) is 1. The van der Waals surface area contributed by atoms with Crippen molar-refractivity contribution < 1.29 is 0 Å². The summed E-state index contributed by atoms with van der Waals surface area (Å²) >= 11 is 5.87. The van der Waals surface area contributed by atoms with Gasteiger partial charge in [-0.2, -0.15) is 0 Å². The minimum absolute atomic E-state index is 0.0818. The Hall–Kier alpha value is -1.42. The van der Waals surface area contributed by atoms with Crippen molar-refractivity contribution in [2.24, 2.45) is 14.1 Å². The minimum atomic E-state index is -0.0818. The van der Waals surface area contributed by atoms with Crippen molar-refractivity contribution in [2.45, 2.75) is 0 Å². The van der Waals surface area contributed by atoms with Crippen LogP contribution >= 0.6 is 11.6 Å². The predicted octanol–water partition coefficient (Wildman–Crippen LogP) is 1.11. The lowest BCUT2D eigenvalue weighted by atomic mass is 10.3. The Balaban J connectivity index is 3.04. The van der Waals surface area contributed by atoms with E-state index in [1.54, 1.807) is 35.4 Å². The Morgan fingerprint density at radius 3 is 2.29 bits per heavy atom. The molecule has 74 valence electrons. The van der Waals surface area contributed by atoms with Gasteiger partial charge in [-0.3, -0.25) is 9.13 Å². The number of nitrogen functional groups attached to an aromatic ring is 1. The first kappa shape index (κ1) is 9.15. The minimum Gasteiger partial charge on any atom is -0.397 e. The van der Waals surface area contributed by atoms with Crippen LogP contribution in [0, 0.1) is 0 Å². The van der Waals surface area contributed by atoms with E-state index in [4.69, 9.17) is 17.3 Å². The zero-order valence-electron chi connectivity index (χ0n) is 7.91. The van der Waals surface area contributed by atoms with E-state index in [1.165, 1.54) is 0 Å². The van der Waals surface area contributed by atoms with Crippen LogP contribution < -0.4 is 11.4 Å². The first-order chi connectivity index (χ1) is 6.52. The molecule has 1 aromatic carbocycles. The average molecular weight is 212 g/mol. The number of hydrogen-bond donors (Lipinski definition) is 1. The van der Waals surface area contributed by atoms with Crippen LogP contribution in [0.2, 0.25) is 5.02 Å². The molecule has 0 amide bonds. The van der Waals surface area contributed by atoms with E-state index in [1.807, 2.05) is 0 Å². The van der Waals surface area contributed by atoms with Crippen LogP contribution in [-0.2, 0) is 14.1 Å². The first-order valence-electron chi connectivity index (χ1n) is 4.13. The first-order valence-corrected chi connectivity index (χ1v) is 4.50. The van der Waals surface area contributed by atoms with Crippen molar-refractivity contribution in [3.05, 3.63) is 27.6 Å². The van der Waals surface area contributed by atoms with Gasteiger partial charge in [-0.05, 0) is 12.1 Å². The maximum absolute atomic E-state index is 11.6. The fraction of sp³-hybridized carbons (Fsp3) is 0.222. The quantitative estimate of drug-likeness (QED) is 0.664. The topological polar surface area (TPSA) is 53.0 Å². The molecule has 0 atom stereocenters. The zero-order valence-corrected chi connectivity index (χ0v) is 8.67. The summed E-state index contributed by atoms with van der Waals surface area (Å²) < 4.78 is 3.09. The molecule has 0 spiro atoms. The van der Waals surface area contributed by atoms with Crippen molar-refractivity contribution >= 4 is 28.3 Å². The van der Waals surface area contributed by atoms with E-state index in [9.17, 15) is 4.79 Å². The summed E-state index contributed by atoms with van der Waals surface area (Å²) in [6.45, 7) is 0. The molecule has 2 rings (SSSR count). The number of fused-ring (bicyclic) bond motifs is 1. The van der Waals surface area contributed by atoms with Gasteiger partial charge >= 0.3 is 5.69 Å². The van der Waals surface area contributed by atoms with Gasteiger partial charge in [-0.1, -0.05) is 11.6 Å². The summed E-state index contributed by atoms with van der Waals surface area (Å²) in [5.41, 5.74) is 7.64. The highest BCUT2D eigenvalue weighted by Gasteiger charge is 2.09. The van der Waals surface area contributed by atoms with Crippen molar-refractivity contribution in [1.29, 1.82) is 0 Å². The number of hydrogen-bond acceptors (Lipinski definition) is 2. The van der Waals surface area contributed by atoms with E-state index in [0.717, 1.165) is 11.0 Å². The molecule has 0 saturated heterocycles. The van der Waals surface area contributed by atoms with E-state index in [2.05, 4.69) is 0 Å². The van der Waals surface area contributed by atoms with Gasteiger partial charge in [0.1, 0.15) is 0 Å². The number of rotatable bonds is 0. The summed E-state index contributed by atoms with van der Waals surface area (Å²) in [7, 11) is 3.41. The van der Waals surface area contributed by atoms with E-state index >= 15 is 0 Å². The summed E-state index contributed by atoms with van der Waals surface area (Å²) in [5, 5.41) is 0.471.